The van der Waals surface area contributed by atoms with Crippen molar-refractivity contribution in [1.82, 2.24) is 9.88 Å². The normalized spacial score (nSPS) is 20.0. The van der Waals surface area contributed by atoms with E-state index in [-0.39, 0.29) is 24.2 Å². The van der Waals surface area contributed by atoms with Gasteiger partial charge in [0.25, 0.3) is 0 Å². The van der Waals surface area contributed by atoms with Crippen LogP contribution in [-0.2, 0) is 22.4 Å². The molecule has 5 nitrogen and oxygen atoms in total. The summed E-state index contributed by atoms with van der Waals surface area (Å²) in [7, 11) is 0. The van der Waals surface area contributed by atoms with Crippen molar-refractivity contribution in [3.63, 3.8) is 0 Å². The van der Waals surface area contributed by atoms with Gasteiger partial charge in [-0.3, -0.25) is 9.59 Å². The van der Waals surface area contributed by atoms with Gasteiger partial charge in [0.1, 0.15) is 5.82 Å². The summed E-state index contributed by atoms with van der Waals surface area (Å²) in [5, 5.41) is 11.9. The van der Waals surface area contributed by atoms with Gasteiger partial charge in [-0.25, -0.2) is 9.37 Å². The van der Waals surface area contributed by atoms with Crippen LogP contribution in [0.15, 0.2) is 29.6 Å². The van der Waals surface area contributed by atoms with E-state index in [1.807, 2.05) is 5.38 Å². The Morgan fingerprint density at radius 1 is 1.36 bits per heavy atom. The van der Waals surface area contributed by atoms with Crippen LogP contribution in [0, 0.1) is 11.7 Å². The molecule has 1 fully saturated rings. The van der Waals surface area contributed by atoms with Crippen LogP contribution in [0.2, 0.25) is 0 Å². The number of thiazole rings is 1. The lowest BCUT2D eigenvalue weighted by molar-refractivity contribution is -0.143. The maximum absolute atomic E-state index is 12.9. The first-order chi connectivity index (χ1) is 11.9. The van der Waals surface area contributed by atoms with E-state index in [1.54, 1.807) is 24.0 Å². The number of carbonyl (C=O) groups excluding carboxylic acids is 1. The standard InChI is InChI=1S/C18H19FN2O3S/c1-11-15(18(23)24)6-7-21(11)17(22)9-14-10-25-16(20-14)8-12-2-4-13(19)5-3-12/h2-5,10-11,15H,6-9H2,1H3,(H,23,24). The van der Waals surface area contributed by atoms with E-state index in [0.29, 0.717) is 25.1 Å². The van der Waals surface area contributed by atoms with Crippen molar-refractivity contribution < 1.29 is 19.1 Å². The van der Waals surface area contributed by atoms with E-state index in [9.17, 15) is 14.0 Å². The first kappa shape index (κ1) is 17.5. The molecule has 25 heavy (non-hydrogen) atoms. The number of aliphatic carboxylic acids is 1. The Morgan fingerprint density at radius 3 is 2.72 bits per heavy atom. The zero-order valence-electron chi connectivity index (χ0n) is 13.8. The van der Waals surface area contributed by atoms with Crippen molar-refractivity contribution in [3.05, 3.63) is 51.7 Å². The summed E-state index contributed by atoms with van der Waals surface area (Å²) in [6, 6.07) is 5.99. The summed E-state index contributed by atoms with van der Waals surface area (Å²) in [6.07, 6.45) is 1.27. The lowest BCUT2D eigenvalue weighted by Crippen LogP contribution is -2.38. The van der Waals surface area contributed by atoms with E-state index in [2.05, 4.69) is 4.98 Å². The van der Waals surface area contributed by atoms with Gasteiger partial charge in [0.2, 0.25) is 5.91 Å². The SMILES string of the molecule is CC1C(C(=O)O)CCN1C(=O)Cc1csc(Cc2ccc(F)cc2)n1. The Kier molecular flexibility index (Phi) is 5.13. The predicted octanol–water partition coefficient (Wildman–Crippen LogP) is 2.74. The summed E-state index contributed by atoms with van der Waals surface area (Å²) >= 11 is 1.47. The summed E-state index contributed by atoms with van der Waals surface area (Å²) in [4.78, 5) is 29.7. The van der Waals surface area contributed by atoms with Crippen molar-refractivity contribution in [2.24, 2.45) is 5.92 Å². The average molecular weight is 362 g/mol. The Hall–Kier alpha value is -2.28. The molecule has 3 rings (SSSR count). The molecular formula is C18H19FN2O3S. The number of halogens is 1. The minimum absolute atomic E-state index is 0.0881. The second-order valence-corrected chi connectivity index (χ2v) is 7.22. The topological polar surface area (TPSA) is 70.5 Å². The molecule has 0 radical (unpaired) electrons. The molecule has 0 saturated carbocycles. The highest BCUT2D eigenvalue weighted by molar-refractivity contribution is 7.09. The molecule has 2 heterocycles. The molecule has 2 unspecified atom stereocenters. The maximum atomic E-state index is 12.9. The molecule has 0 bridgehead atoms. The quantitative estimate of drug-likeness (QED) is 0.888. The van der Waals surface area contributed by atoms with E-state index in [1.165, 1.54) is 23.5 Å². The van der Waals surface area contributed by atoms with Gasteiger partial charge in [-0.1, -0.05) is 12.1 Å². The predicted molar refractivity (Wildman–Crippen MR) is 91.9 cm³/mol. The highest BCUT2D eigenvalue weighted by atomic mass is 32.1. The van der Waals surface area contributed by atoms with Crippen LogP contribution in [0.5, 0.6) is 0 Å². The van der Waals surface area contributed by atoms with Gasteiger partial charge >= 0.3 is 5.97 Å². The number of amides is 1. The van der Waals surface area contributed by atoms with Gasteiger partial charge in [0, 0.05) is 24.4 Å². The number of likely N-dealkylation sites (tertiary alicyclic amines) is 1. The van der Waals surface area contributed by atoms with Crippen LogP contribution < -0.4 is 0 Å². The third kappa shape index (κ3) is 4.04. The summed E-state index contributed by atoms with van der Waals surface area (Å²) in [5.74, 6) is -1.70. The second-order valence-electron chi connectivity index (χ2n) is 6.27. The van der Waals surface area contributed by atoms with Crippen molar-refractivity contribution in [1.29, 1.82) is 0 Å². The van der Waals surface area contributed by atoms with Crippen LogP contribution in [0.4, 0.5) is 4.39 Å². The van der Waals surface area contributed by atoms with Gasteiger partial charge in [0.05, 0.1) is 23.0 Å². The van der Waals surface area contributed by atoms with E-state index >= 15 is 0 Å². The highest BCUT2D eigenvalue weighted by Gasteiger charge is 2.37. The fourth-order valence-corrected chi connectivity index (χ4v) is 3.99. The number of hydrogen-bond donors (Lipinski definition) is 1. The van der Waals surface area contributed by atoms with Gasteiger partial charge in [-0.15, -0.1) is 11.3 Å². The first-order valence-electron chi connectivity index (χ1n) is 8.14. The Morgan fingerprint density at radius 2 is 2.08 bits per heavy atom. The lowest BCUT2D eigenvalue weighted by Gasteiger charge is -2.22. The Balaban J connectivity index is 1.60. The minimum Gasteiger partial charge on any atom is -0.481 e. The van der Waals surface area contributed by atoms with E-state index < -0.39 is 11.9 Å². The number of carbonyl (C=O) groups is 2. The minimum atomic E-state index is -0.849. The second kappa shape index (κ2) is 7.31. The molecule has 1 amide bonds. The average Bonchev–Trinajstić information content (AvgIpc) is 3.16. The largest absolute Gasteiger partial charge is 0.481 e. The number of rotatable bonds is 5. The van der Waals surface area contributed by atoms with Crippen LogP contribution >= 0.6 is 11.3 Å². The molecule has 1 saturated heterocycles. The molecule has 2 atom stereocenters. The lowest BCUT2D eigenvalue weighted by atomic mass is 10.0. The van der Waals surface area contributed by atoms with Gasteiger partial charge in [-0.2, -0.15) is 0 Å². The number of benzene rings is 1. The zero-order valence-corrected chi connectivity index (χ0v) is 14.6. The van der Waals surface area contributed by atoms with Crippen molar-refractivity contribution in [3.8, 4) is 0 Å². The molecule has 1 aromatic heterocycles. The summed E-state index contributed by atoms with van der Waals surface area (Å²) in [5.41, 5.74) is 1.66. The molecule has 0 spiro atoms. The smallest absolute Gasteiger partial charge is 0.308 e. The molecular weight excluding hydrogens is 343 g/mol. The van der Waals surface area contributed by atoms with Crippen LogP contribution in [-0.4, -0.2) is 39.5 Å². The maximum Gasteiger partial charge on any atom is 0.308 e. The fraction of sp³-hybridized carbons (Fsp3) is 0.389. The van der Waals surface area contributed by atoms with Crippen LogP contribution in [0.3, 0.4) is 0 Å². The van der Waals surface area contributed by atoms with Gasteiger partial charge in [-0.05, 0) is 31.0 Å². The first-order valence-corrected chi connectivity index (χ1v) is 9.02. The molecule has 1 N–H and O–H groups in total. The van der Waals surface area contributed by atoms with E-state index in [4.69, 9.17) is 5.11 Å². The Labute approximate surface area is 149 Å². The summed E-state index contributed by atoms with van der Waals surface area (Å²) < 4.78 is 12.9. The number of aromatic nitrogens is 1. The van der Waals surface area contributed by atoms with Gasteiger partial charge < -0.3 is 10.0 Å². The van der Waals surface area contributed by atoms with Crippen LogP contribution in [0.1, 0.15) is 29.6 Å². The monoisotopic (exact) mass is 362 g/mol. The molecule has 132 valence electrons. The molecule has 1 aromatic carbocycles. The highest BCUT2D eigenvalue weighted by Crippen LogP contribution is 2.25. The molecule has 7 heteroatoms. The van der Waals surface area contributed by atoms with Crippen molar-refractivity contribution in [2.45, 2.75) is 32.2 Å². The van der Waals surface area contributed by atoms with Crippen molar-refractivity contribution in [2.75, 3.05) is 6.54 Å². The van der Waals surface area contributed by atoms with E-state index in [0.717, 1.165) is 10.6 Å². The summed E-state index contributed by atoms with van der Waals surface area (Å²) in [6.45, 7) is 2.26. The Bertz CT molecular complexity index is 775. The third-order valence-corrected chi connectivity index (χ3v) is 5.49. The van der Waals surface area contributed by atoms with Crippen molar-refractivity contribution >= 4 is 23.2 Å². The molecule has 2 aromatic rings. The number of hydrogen-bond acceptors (Lipinski definition) is 4. The molecule has 0 aliphatic carbocycles. The van der Waals surface area contributed by atoms with Crippen LogP contribution in [0.25, 0.3) is 0 Å². The molecule has 1 aliphatic heterocycles. The fourth-order valence-electron chi connectivity index (χ4n) is 3.17. The van der Waals surface area contributed by atoms with Gasteiger partial charge in [0.15, 0.2) is 0 Å². The zero-order chi connectivity index (χ0) is 18.0. The molecule has 1 aliphatic rings. The third-order valence-electron chi connectivity index (χ3n) is 4.59. The number of carboxylic acids is 1. The number of carboxylic acid groups (broad SMARTS) is 1. The number of nitrogens with zero attached hydrogens (tertiary/aromatic N) is 2.